The minimum absolute atomic E-state index is 0.0147. The third kappa shape index (κ3) is 13.6. The predicted octanol–water partition coefficient (Wildman–Crippen LogP) is -2.32. The number of amides is 5. The van der Waals surface area contributed by atoms with E-state index in [2.05, 4.69) is 41.5 Å². The molecule has 0 bridgehead atoms. The fraction of sp³-hybridized carbons (Fsp3) is 0.667. The molecule has 5 amide bonds. The van der Waals surface area contributed by atoms with Gasteiger partial charge in [-0.25, -0.2) is 9.78 Å². The number of nitrogens with one attached hydrogen (secondary N) is 6. The number of H-pyrrole nitrogens is 1. The summed E-state index contributed by atoms with van der Waals surface area (Å²) in [5.74, 6) is -5.17. The molecule has 0 aliphatic carbocycles. The van der Waals surface area contributed by atoms with E-state index >= 15 is 0 Å². The van der Waals surface area contributed by atoms with Gasteiger partial charge in [0.05, 0.1) is 12.4 Å². The van der Waals surface area contributed by atoms with Crippen LogP contribution in [0.15, 0.2) is 17.5 Å². The first-order chi connectivity index (χ1) is 23.1. The van der Waals surface area contributed by atoms with E-state index in [0.717, 1.165) is 0 Å². The van der Waals surface area contributed by atoms with E-state index in [1.54, 1.807) is 20.8 Å². The molecular formula is C30H51N11O7S. The van der Waals surface area contributed by atoms with Crippen molar-refractivity contribution in [2.24, 2.45) is 34.0 Å². The molecule has 0 radical (unpaired) electrons. The van der Waals surface area contributed by atoms with Gasteiger partial charge < -0.3 is 53.9 Å². The van der Waals surface area contributed by atoms with E-state index in [-0.39, 0.29) is 55.1 Å². The van der Waals surface area contributed by atoms with Crippen molar-refractivity contribution >= 4 is 53.2 Å². The number of nitrogens with two attached hydrogens (primary N) is 3. The van der Waals surface area contributed by atoms with Gasteiger partial charge in [0.25, 0.3) is 0 Å². The number of aliphatic carboxylic acids is 1. The molecule has 13 N–H and O–H groups in total. The Bertz CT molecular complexity index is 1310. The van der Waals surface area contributed by atoms with Gasteiger partial charge in [-0.05, 0) is 36.9 Å². The number of rotatable bonds is 14. The van der Waals surface area contributed by atoms with E-state index in [0.29, 0.717) is 18.5 Å². The van der Waals surface area contributed by atoms with Gasteiger partial charge in [0.1, 0.15) is 30.2 Å². The van der Waals surface area contributed by atoms with Crippen LogP contribution in [0.1, 0.15) is 59.1 Å². The molecule has 2 rings (SSSR count). The summed E-state index contributed by atoms with van der Waals surface area (Å²) < 4.78 is 0. The lowest BCUT2D eigenvalue weighted by Crippen LogP contribution is -2.61. The summed E-state index contributed by atoms with van der Waals surface area (Å²) >= 11 is 1.17. The largest absolute Gasteiger partial charge is 0.480 e. The summed E-state index contributed by atoms with van der Waals surface area (Å²) in [4.78, 5) is 89.8. The second-order valence-corrected chi connectivity index (χ2v) is 13.5. The predicted molar refractivity (Wildman–Crippen MR) is 184 cm³/mol. The van der Waals surface area contributed by atoms with Crippen molar-refractivity contribution in [3.63, 3.8) is 0 Å². The summed E-state index contributed by atoms with van der Waals surface area (Å²) in [6.07, 6.45) is 4.11. The number of imidazole rings is 1. The maximum atomic E-state index is 13.8. The standard InChI is InChI=1S/C30H51N11O7S/c1-5-16(4)23-28(46)38-20(11-17-12-34-14-36-17)26(44)39-21(29(47)48)13-49-10-8-19(25(43)41-23)37-27(45)22(15(2)3)40-24(42)18(31)7-6-9-35-30(32)33/h12,14-16,18-23H,5-11,13,31H2,1-4H3,(H,34,36)(H,37,45)(H,38,46)(H,39,44)(H,40,42)(H,41,43)(H,47,48)(H4,32,33,35)/t16-,18-,19-,20-,21-,22-,23-/m0/s1. The molecule has 274 valence electrons. The summed E-state index contributed by atoms with van der Waals surface area (Å²) in [7, 11) is 0. The van der Waals surface area contributed by atoms with E-state index in [9.17, 15) is 33.9 Å². The Hall–Kier alpha value is -4.39. The molecule has 18 nitrogen and oxygen atoms in total. The number of carboxylic acid groups (broad SMARTS) is 1. The third-order valence-corrected chi connectivity index (χ3v) is 9.13. The highest BCUT2D eigenvalue weighted by molar-refractivity contribution is 7.99. The zero-order valence-corrected chi connectivity index (χ0v) is 29.2. The summed E-state index contributed by atoms with van der Waals surface area (Å²) in [6.45, 7) is 7.32. The van der Waals surface area contributed by atoms with Crippen LogP contribution in [0.25, 0.3) is 0 Å². The summed E-state index contributed by atoms with van der Waals surface area (Å²) in [5, 5.41) is 23.1. The van der Waals surface area contributed by atoms with Crippen molar-refractivity contribution in [1.82, 2.24) is 36.6 Å². The number of hydrogen-bond acceptors (Lipinski definition) is 10. The fourth-order valence-electron chi connectivity index (χ4n) is 4.87. The molecule has 0 unspecified atom stereocenters. The van der Waals surface area contributed by atoms with E-state index in [4.69, 9.17) is 17.2 Å². The Morgan fingerprint density at radius 2 is 1.80 bits per heavy atom. The van der Waals surface area contributed by atoms with E-state index < -0.39 is 71.8 Å². The van der Waals surface area contributed by atoms with Crippen LogP contribution in [0.3, 0.4) is 0 Å². The molecule has 1 aromatic heterocycles. The van der Waals surface area contributed by atoms with Crippen LogP contribution in [-0.4, -0.2) is 111 Å². The molecule has 1 aromatic rings. The van der Waals surface area contributed by atoms with Crippen molar-refractivity contribution in [2.75, 3.05) is 18.1 Å². The van der Waals surface area contributed by atoms with Crippen molar-refractivity contribution in [1.29, 1.82) is 0 Å². The fourth-order valence-corrected chi connectivity index (χ4v) is 5.90. The van der Waals surface area contributed by atoms with Crippen LogP contribution in [-0.2, 0) is 35.2 Å². The average Bonchev–Trinajstić information content (AvgIpc) is 3.56. The van der Waals surface area contributed by atoms with Crippen molar-refractivity contribution < 1.29 is 33.9 Å². The first-order valence-corrected chi connectivity index (χ1v) is 17.4. The summed E-state index contributed by atoms with van der Waals surface area (Å²) in [6, 6.07) is -6.71. The number of aromatic amines is 1. The number of carbonyl (C=O) groups is 6. The molecule has 7 atom stereocenters. The molecule has 49 heavy (non-hydrogen) atoms. The molecule has 1 fully saturated rings. The second kappa shape index (κ2) is 20.2. The van der Waals surface area contributed by atoms with Crippen LogP contribution in [0.4, 0.5) is 0 Å². The number of nitrogens with zero attached hydrogens (tertiary/aromatic N) is 2. The molecule has 1 aliphatic rings. The number of carboxylic acids is 1. The SMILES string of the molecule is CC[C@H](C)[C@@H]1NC(=O)[C@@H](NC(=O)[C@@H](NC(=O)[C@@H](N)CCCN=C(N)N)C(C)C)CCSC[C@@H](C(=O)O)NC(=O)[C@H](Cc2cnc[nH]2)NC1=O. The number of guanidine groups is 1. The van der Waals surface area contributed by atoms with Gasteiger partial charge in [0.15, 0.2) is 5.96 Å². The topological polar surface area (TPSA) is 302 Å². The van der Waals surface area contributed by atoms with Crippen LogP contribution in [0.5, 0.6) is 0 Å². The van der Waals surface area contributed by atoms with Crippen molar-refractivity contribution in [3.05, 3.63) is 18.2 Å². The highest BCUT2D eigenvalue weighted by Gasteiger charge is 2.35. The van der Waals surface area contributed by atoms with Gasteiger partial charge >= 0.3 is 5.97 Å². The molecule has 0 saturated carbocycles. The zero-order chi connectivity index (χ0) is 36.7. The highest BCUT2D eigenvalue weighted by Crippen LogP contribution is 2.14. The normalized spacial score (nSPS) is 22.7. The van der Waals surface area contributed by atoms with Crippen molar-refractivity contribution in [2.45, 2.75) is 96.1 Å². The Labute approximate surface area is 289 Å². The van der Waals surface area contributed by atoms with Crippen LogP contribution in [0, 0.1) is 11.8 Å². The quantitative estimate of drug-likeness (QED) is 0.0553. The molecule has 0 aromatic carbocycles. The lowest BCUT2D eigenvalue weighted by atomic mass is 9.96. The van der Waals surface area contributed by atoms with Gasteiger partial charge in [-0.1, -0.05) is 34.1 Å². The maximum absolute atomic E-state index is 13.8. The molecule has 1 saturated heterocycles. The summed E-state index contributed by atoms with van der Waals surface area (Å²) in [5.41, 5.74) is 17.2. The Morgan fingerprint density at radius 1 is 1.08 bits per heavy atom. The third-order valence-electron chi connectivity index (χ3n) is 8.04. The lowest BCUT2D eigenvalue weighted by molar-refractivity contribution is -0.141. The van der Waals surface area contributed by atoms with Gasteiger partial charge in [0.2, 0.25) is 29.5 Å². The molecule has 1 aliphatic heterocycles. The average molecular weight is 710 g/mol. The lowest BCUT2D eigenvalue weighted by Gasteiger charge is -2.30. The van der Waals surface area contributed by atoms with Gasteiger partial charge in [-0.2, -0.15) is 11.8 Å². The first kappa shape index (κ1) is 40.8. The van der Waals surface area contributed by atoms with E-state index in [1.807, 2.05) is 6.92 Å². The van der Waals surface area contributed by atoms with Gasteiger partial charge in [-0.3, -0.25) is 29.0 Å². The van der Waals surface area contributed by atoms with Crippen LogP contribution < -0.4 is 43.8 Å². The number of thioether (sulfide) groups is 1. The Balaban J connectivity index is 2.31. The van der Waals surface area contributed by atoms with Crippen LogP contribution in [0.2, 0.25) is 0 Å². The minimum Gasteiger partial charge on any atom is -0.480 e. The number of carbonyl (C=O) groups excluding carboxylic acids is 5. The molecule has 0 spiro atoms. The molecule has 2 heterocycles. The van der Waals surface area contributed by atoms with Crippen LogP contribution >= 0.6 is 11.8 Å². The maximum Gasteiger partial charge on any atom is 0.327 e. The van der Waals surface area contributed by atoms with Gasteiger partial charge in [0, 0.05) is 30.6 Å². The number of aliphatic imine (C=N–C) groups is 1. The number of hydrogen-bond donors (Lipinski definition) is 10. The smallest absolute Gasteiger partial charge is 0.327 e. The highest BCUT2D eigenvalue weighted by atomic mass is 32.2. The monoisotopic (exact) mass is 709 g/mol. The zero-order valence-electron chi connectivity index (χ0n) is 28.4. The Kier molecular flexibility index (Phi) is 16.8. The second-order valence-electron chi connectivity index (χ2n) is 12.3. The van der Waals surface area contributed by atoms with Crippen molar-refractivity contribution in [3.8, 4) is 0 Å². The minimum atomic E-state index is -1.29. The van der Waals surface area contributed by atoms with Gasteiger partial charge in [-0.15, -0.1) is 0 Å². The Morgan fingerprint density at radius 3 is 2.39 bits per heavy atom. The van der Waals surface area contributed by atoms with E-state index in [1.165, 1.54) is 24.3 Å². The molecule has 19 heteroatoms. The first-order valence-electron chi connectivity index (χ1n) is 16.2. The molecular weight excluding hydrogens is 658 g/mol. The number of aromatic nitrogens is 2.